The number of nitrogens with zero attached hydrogens (tertiary/aromatic N) is 1. The second-order valence-corrected chi connectivity index (χ2v) is 7.57. The quantitative estimate of drug-likeness (QED) is 0.819. The molecule has 0 radical (unpaired) electrons. The molecule has 0 saturated heterocycles. The van der Waals surface area contributed by atoms with Crippen LogP contribution in [0.1, 0.15) is 27.0 Å². The molecule has 0 heterocycles. The molecule has 24 heavy (non-hydrogen) atoms. The van der Waals surface area contributed by atoms with E-state index in [1.54, 1.807) is 43.3 Å². The summed E-state index contributed by atoms with van der Waals surface area (Å²) in [6, 6.07) is 11.7. The minimum atomic E-state index is -3.92. The van der Waals surface area contributed by atoms with Crippen LogP contribution in [-0.2, 0) is 10.0 Å². The largest absolute Gasteiger partial charge is 0.288 e. The van der Waals surface area contributed by atoms with Gasteiger partial charge in [0.05, 0.1) is 15.6 Å². The summed E-state index contributed by atoms with van der Waals surface area (Å²) in [6.45, 7) is 3.61. The van der Waals surface area contributed by atoms with Crippen LogP contribution < -0.4 is 0 Å². The zero-order valence-electron chi connectivity index (χ0n) is 13.1. The number of halogens is 1. The smallest absolute Gasteiger partial charge is 0.283 e. The molecule has 0 aliphatic heterocycles. The Labute approximate surface area is 145 Å². The van der Waals surface area contributed by atoms with Crippen LogP contribution >= 0.6 is 11.6 Å². The van der Waals surface area contributed by atoms with E-state index < -0.39 is 10.0 Å². The van der Waals surface area contributed by atoms with Gasteiger partial charge in [-0.15, -0.1) is 0 Å². The van der Waals surface area contributed by atoms with Crippen LogP contribution in [0, 0.1) is 13.8 Å². The summed E-state index contributed by atoms with van der Waals surface area (Å²) in [5.41, 5.74) is 2.56. The molecular formula is C18H14ClNO3S. The Balaban J connectivity index is 2.18. The van der Waals surface area contributed by atoms with E-state index in [9.17, 15) is 13.2 Å². The zero-order valence-corrected chi connectivity index (χ0v) is 14.6. The molecule has 0 saturated carbocycles. The van der Waals surface area contributed by atoms with Gasteiger partial charge in [0.1, 0.15) is 0 Å². The summed E-state index contributed by atoms with van der Waals surface area (Å²) in [5, 5.41) is -0.0525. The van der Waals surface area contributed by atoms with E-state index in [2.05, 4.69) is 4.40 Å². The number of carbonyl (C=O) groups is 1. The van der Waals surface area contributed by atoms with Gasteiger partial charge in [0.2, 0.25) is 5.78 Å². The predicted molar refractivity (Wildman–Crippen MR) is 94.3 cm³/mol. The van der Waals surface area contributed by atoms with Gasteiger partial charge in [-0.1, -0.05) is 53.6 Å². The van der Waals surface area contributed by atoms with Crippen molar-refractivity contribution in [1.82, 2.24) is 0 Å². The first-order valence-corrected chi connectivity index (χ1v) is 9.05. The molecule has 0 bridgehead atoms. The van der Waals surface area contributed by atoms with E-state index in [0.29, 0.717) is 16.7 Å². The van der Waals surface area contributed by atoms with Gasteiger partial charge >= 0.3 is 0 Å². The van der Waals surface area contributed by atoms with Gasteiger partial charge in [-0.3, -0.25) is 4.79 Å². The van der Waals surface area contributed by atoms with Gasteiger partial charge in [-0.2, -0.15) is 12.8 Å². The topological polar surface area (TPSA) is 63.6 Å². The number of rotatable bonds is 2. The number of ketones is 1. The summed E-state index contributed by atoms with van der Waals surface area (Å²) < 4.78 is 29.3. The molecule has 0 fully saturated rings. The molecule has 1 aliphatic carbocycles. The van der Waals surface area contributed by atoms with Crippen molar-refractivity contribution in [3.05, 3.63) is 75.8 Å². The number of sulfonamides is 1. The third-order valence-corrected chi connectivity index (χ3v) is 5.49. The van der Waals surface area contributed by atoms with Crippen molar-refractivity contribution in [3.63, 3.8) is 0 Å². The van der Waals surface area contributed by atoms with Gasteiger partial charge in [-0.25, -0.2) is 0 Å². The lowest BCUT2D eigenvalue weighted by Gasteiger charge is -2.14. The van der Waals surface area contributed by atoms with Crippen molar-refractivity contribution < 1.29 is 13.2 Å². The van der Waals surface area contributed by atoms with Gasteiger partial charge in [-0.05, 0) is 31.6 Å². The number of benzene rings is 2. The van der Waals surface area contributed by atoms with Gasteiger partial charge in [0.25, 0.3) is 10.0 Å². The number of aryl methyl sites for hydroxylation is 2. The van der Waals surface area contributed by atoms with Gasteiger partial charge in [0.15, 0.2) is 0 Å². The summed E-state index contributed by atoms with van der Waals surface area (Å²) in [7, 11) is -3.92. The zero-order chi connectivity index (χ0) is 17.5. The monoisotopic (exact) mass is 359 g/mol. The summed E-state index contributed by atoms with van der Waals surface area (Å²) in [6.07, 6.45) is 1.30. The first-order valence-electron chi connectivity index (χ1n) is 7.23. The van der Waals surface area contributed by atoms with E-state index in [1.807, 2.05) is 6.92 Å². The lowest BCUT2D eigenvalue weighted by atomic mass is 9.94. The van der Waals surface area contributed by atoms with Crippen molar-refractivity contribution in [2.45, 2.75) is 18.7 Å². The van der Waals surface area contributed by atoms with Gasteiger partial charge < -0.3 is 0 Å². The standard InChI is InChI=1S/C18H14ClNO3S/c1-11-7-8-17(12(2)9-11)24(22,23)20-16-10-15(19)18(21)14-6-4-3-5-13(14)16/h3-10H,1-2H3. The second-order valence-electron chi connectivity index (χ2n) is 5.59. The van der Waals surface area contributed by atoms with Crippen molar-refractivity contribution in [3.8, 4) is 0 Å². The van der Waals surface area contributed by atoms with Crippen molar-refractivity contribution in [2.24, 2.45) is 4.40 Å². The number of hydrogen-bond acceptors (Lipinski definition) is 3. The van der Waals surface area contributed by atoms with E-state index in [1.165, 1.54) is 12.1 Å². The summed E-state index contributed by atoms with van der Waals surface area (Å²) >= 11 is 5.95. The Hall–Kier alpha value is -2.24. The molecule has 1 aliphatic rings. The first kappa shape index (κ1) is 16.6. The lowest BCUT2D eigenvalue weighted by Crippen LogP contribution is -2.16. The maximum absolute atomic E-state index is 12.7. The normalized spacial score (nSPS) is 16.0. The Kier molecular flexibility index (Phi) is 4.15. The molecule has 6 heteroatoms. The first-order chi connectivity index (χ1) is 11.3. The Morgan fingerprint density at radius 2 is 1.67 bits per heavy atom. The fraction of sp³-hybridized carbons (Fsp3) is 0.111. The Bertz CT molecular complexity index is 1020. The minimum Gasteiger partial charge on any atom is -0.288 e. The maximum atomic E-state index is 12.7. The molecule has 0 amide bonds. The van der Waals surface area contributed by atoms with Crippen LogP contribution in [0.5, 0.6) is 0 Å². The average molecular weight is 360 g/mol. The third-order valence-electron chi connectivity index (χ3n) is 3.75. The number of Topliss-reactive ketones (excluding diaryl/α,β-unsaturated/α-hetero) is 1. The molecular weight excluding hydrogens is 346 g/mol. The molecule has 4 nitrogen and oxygen atoms in total. The van der Waals surface area contributed by atoms with Crippen LogP contribution in [-0.4, -0.2) is 19.9 Å². The highest BCUT2D eigenvalue weighted by Crippen LogP contribution is 2.26. The fourth-order valence-electron chi connectivity index (χ4n) is 2.64. The molecule has 122 valence electrons. The van der Waals surface area contributed by atoms with Crippen LogP contribution in [0.3, 0.4) is 0 Å². The average Bonchev–Trinajstić information content (AvgIpc) is 2.51. The van der Waals surface area contributed by atoms with Crippen molar-refractivity contribution in [2.75, 3.05) is 0 Å². The van der Waals surface area contributed by atoms with Gasteiger partial charge in [0, 0.05) is 11.1 Å². The molecule has 3 rings (SSSR count). The number of carbonyl (C=O) groups excluding carboxylic acids is 1. The number of fused-ring (bicyclic) bond motifs is 1. The van der Waals surface area contributed by atoms with E-state index >= 15 is 0 Å². The van der Waals surface area contributed by atoms with E-state index in [-0.39, 0.29) is 21.4 Å². The molecule has 2 aromatic carbocycles. The molecule has 2 aromatic rings. The summed E-state index contributed by atoms with van der Waals surface area (Å²) in [4.78, 5) is 12.2. The molecule has 0 atom stereocenters. The number of allylic oxidation sites excluding steroid dienone is 2. The van der Waals surface area contributed by atoms with E-state index in [4.69, 9.17) is 11.6 Å². The highest BCUT2D eigenvalue weighted by Gasteiger charge is 2.25. The van der Waals surface area contributed by atoms with Crippen LogP contribution in [0.15, 0.2) is 62.9 Å². The number of hydrogen-bond donors (Lipinski definition) is 0. The molecule has 0 N–H and O–H groups in total. The second kappa shape index (κ2) is 6.00. The molecule has 0 spiro atoms. The highest BCUT2D eigenvalue weighted by atomic mass is 35.5. The third kappa shape index (κ3) is 2.92. The lowest BCUT2D eigenvalue weighted by molar-refractivity contribution is 0.104. The van der Waals surface area contributed by atoms with Crippen LogP contribution in [0.4, 0.5) is 0 Å². The highest BCUT2D eigenvalue weighted by molar-refractivity contribution is 7.90. The Morgan fingerprint density at radius 3 is 2.33 bits per heavy atom. The van der Waals surface area contributed by atoms with E-state index in [0.717, 1.165) is 5.56 Å². The SMILES string of the molecule is Cc1ccc(S(=O)(=O)N=C2C=C(Cl)C(=O)c3ccccc32)c(C)c1. The van der Waals surface area contributed by atoms with Crippen LogP contribution in [0.25, 0.3) is 0 Å². The van der Waals surface area contributed by atoms with Crippen LogP contribution in [0.2, 0.25) is 0 Å². The predicted octanol–water partition coefficient (Wildman–Crippen LogP) is 3.80. The molecule has 0 unspecified atom stereocenters. The van der Waals surface area contributed by atoms with Crippen molar-refractivity contribution in [1.29, 1.82) is 0 Å². The molecule has 0 aromatic heterocycles. The fourth-order valence-corrected chi connectivity index (χ4v) is 4.06. The Morgan fingerprint density at radius 1 is 1.00 bits per heavy atom. The minimum absolute atomic E-state index is 0.0525. The summed E-state index contributed by atoms with van der Waals surface area (Å²) in [5.74, 6) is -0.338. The van der Waals surface area contributed by atoms with Crippen molar-refractivity contribution >= 4 is 33.1 Å². The maximum Gasteiger partial charge on any atom is 0.283 e.